The lowest BCUT2D eigenvalue weighted by molar-refractivity contribution is -0.142. The van der Waals surface area contributed by atoms with E-state index in [4.69, 9.17) is 18.9 Å². The Morgan fingerprint density at radius 2 is 1.37 bits per heavy atom. The molecule has 0 atom stereocenters. The maximum atomic E-state index is 12.0. The molecule has 0 bridgehead atoms. The minimum atomic E-state index is -0.460. The summed E-state index contributed by atoms with van der Waals surface area (Å²) >= 11 is 0. The number of alkyl carbamates (subject to hydrolysis) is 1. The van der Waals surface area contributed by atoms with Crippen molar-refractivity contribution in [2.75, 3.05) is 46.2 Å². The lowest BCUT2D eigenvalue weighted by atomic mass is 9.98. The van der Waals surface area contributed by atoms with Crippen molar-refractivity contribution in [2.24, 2.45) is 0 Å². The summed E-state index contributed by atoms with van der Waals surface area (Å²) in [5.74, 6) is -0.280. The fourth-order valence-corrected chi connectivity index (χ4v) is 3.44. The van der Waals surface area contributed by atoms with Gasteiger partial charge in [0, 0.05) is 19.4 Å². The van der Waals surface area contributed by atoms with E-state index in [-0.39, 0.29) is 25.1 Å². The summed E-state index contributed by atoms with van der Waals surface area (Å²) in [4.78, 5) is 22.6. The van der Waals surface area contributed by atoms with Crippen LogP contribution in [0.25, 0.3) is 11.1 Å². The number of hydrogen-bond donors (Lipinski definition) is 1. The molecule has 2 aromatic rings. The zero-order chi connectivity index (χ0) is 21.2. The number of hydrogen-bond acceptors (Lipinski definition) is 6. The van der Waals surface area contributed by atoms with Crippen molar-refractivity contribution in [3.05, 3.63) is 59.7 Å². The molecule has 1 amide bonds. The number of rotatable bonds is 11. The summed E-state index contributed by atoms with van der Waals surface area (Å²) in [6.07, 6.45) is -0.460. The topological polar surface area (TPSA) is 83.1 Å². The standard InChI is InChI=1S/C23H27NO6/c1-17(25)29-15-14-28-13-12-27-11-10-24-23(26)30-16-22-20-8-4-2-6-18(20)19-7-3-5-9-21(19)22/h2-9,22H,10-16H2,1H3,(H,24,26). The molecule has 0 unspecified atom stereocenters. The zero-order valence-corrected chi connectivity index (χ0v) is 17.1. The van der Waals surface area contributed by atoms with Gasteiger partial charge in [0.2, 0.25) is 0 Å². The van der Waals surface area contributed by atoms with Gasteiger partial charge in [0.05, 0.1) is 26.4 Å². The van der Waals surface area contributed by atoms with E-state index in [1.54, 1.807) is 0 Å². The van der Waals surface area contributed by atoms with E-state index < -0.39 is 6.09 Å². The van der Waals surface area contributed by atoms with E-state index in [0.29, 0.717) is 33.0 Å². The number of amides is 1. The molecule has 1 N–H and O–H groups in total. The molecule has 7 heteroatoms. The second-order valence-electron chi connectivity index (χ2n) is 6.82. The Kier molecular flexibility index (Phi) is 8.23. The Morgan fingerprint density at radius 3 is 2.00 bits per heavy atom. The molecular formula is C23H27NO6. The van der Waals surface area contributed by atoms with Crippen molar-refractivity contribution in [1.29, 1.82) is 0 Å². The second-order valence-corrected chi connectivity index (χ2v) is 6.82. The first-order valence-electron chi connectivity index (χ1n) is 10.0. The highest BCUT2D eigenvalue weighted by Gasteiger charge is 2.28. The van der Waals surface area contributed by atoms with E-state index in [2.05, 4.69) is 29.6 Å². The molecule has 0 saturated carbocycles. The Hall–Kier alpha value is -2.90. The van der Waals surface area contributed by atoms with Crippen molar-refractivity contribution >= 4 is 12.1 Å². The molecule has 160 valence electrons. The van der Waals surface area contributed by atoms with Gasteiger partial charge in [0.1, 0.15) is 13.2 Å². The number of fused-ring (bicyclic) bond motifs is 3. The summed E-state index contributed by atoms with van der Waals surface area (Å²) in [6, 6.07) is 16.4. The molecule has 0 spiro atoms. The molecular weight excluding hydrogens is 386 g/mol. The molecule has 0 saturated heterocycles. The molecule has 0 aliphatic heterocycles. The van der Waals surface area contributed by atoms with Crippen LogP contribution >= 0.6 is 0 Å². The molecule has 0 aromatic heterocycles. The highest BCUT2D eigenvalue weighted by Crippen LogP contribution is 2.44. The number of carbonyl (C=O) groups excluding carboxylic acids is 2. The van der Waals surface area contributed by atoms with Gasteiger partial charge in [0.15, 0.2) is 0 Å². The normalized spacial score (nSPS) is 12.2. The zero-order valence-electron chi connectivity index (χ0n) is 17.1. The fraction of sp³-hybridized carbons (Fsp3) is 0.391. The third-order valence-electron chi connectivity index (χ3n) is 4.76. The molecule has 30 heavy (non-hydrogen) atoms. The van der Waals surface area contributed by atoms with Crippen LogP contribution in [0.3, 0.4) is 0 Å². The molecule has 1 aliphatic rings. The highest BCUT2D eigenvalue weighted by molar-refractivity contribution is 5.79. The van der Waals surface area contributed by atoms with Crippen LogP contribution in [0, 0.1) is 0 Å². The third-order valence-corrected chi connectivity index (χ3v) is 4.76. The third kappa shape index (κ3) is 6.05. The first kappa shape index (κ1) is 21.8. The minimum absolute atomic E-state index is 0.0449. The van der Waals surface area contributed by atoms with Crippen LogP contribution < -0.4 is 5.32 Å². The van der Waals surface area contributed by atoms with Gasteiger partial charge in [-0.15, -0.1) is 0 Å². The average Bonchev–Trinajstić information content (AvgIpc) is 3.07. The maximum absolute atomic E-state index is 12.0. The lowest BCUT2D eigenvalue weighted by Crippen LogP contribution is -2.29. The molecule has 1 aliphatic carbocycles. The second kappa shape index (κ2) is 11.3. The summed E-state index contributed by atoms with van der Waals surface area (Å²) in [5, 5.41) is 2.69. The summed E-state index contributed by atoms with van der Waals surface area (Å²) in [6.45, 7) is 3.71. The molecule has 2 aromatic carbocycles. The van der Waals surface area contributed by atoms with Crippen molar-refractivity contribution in [3.63, 3.8) is 0 Å². The van der Waals surface area contributed by atoms with Crippen molar-refractivity contribution < 1.29 is 28.5 Å². The van der Waals surface area contributed by atoms with Crippen LogP contribution in [-0.2, 0) is 23.7 Å². The van der Waals surface area contributed by atoms with Crippen LogP contribution in [-0.4, -0.2) is 58.2 Å². The Balaban J connectivity index is 1.31. The minimum Gasteiger partial charge on any atom is -0.463 e. The van der Waals surface area contributed by atoms with Crippen LogP contribution in [0.15, 0.2) is 48.5 Å². The molecule has 0 radical (unpaired) electrons. The highest BCUT2D eigenvalue weighted by atomic mass is 16.6. The first-order valence-corrected chi connectivity index (χ1v) is 10.0. The molecule has 7 nitrogen and oxygen atoms in total. The van der Waals surface area contributed by atoms with E-state index in [9.17, 15) is 9.59 Å². The predicted molar refractivity (Wildman–Crippen MR) is 111 cm³/mol. The van der Waals surface area contributed by atoms with E-state index >= 15 is 0 Å². The van der Waals surface area contributed by atoms with Gasteiger partial charge in [-0.3, -0.25) is 4.79 Å². The SMILES string of the molecule is CC(=O)OCCOCCOCCNC(=O)OCC1c2ccccc2-c2ccccc21. The van der Waals surface area contributed by atoms with Gasteiger partial charge in [-0.05, 0) is 22.3 Å². The van der Waals surface area contributed by atoms with Gasteiger partial charge < -0.3 is 24.3 Å². The van der Waals surface area contributed by atoms with E-state index in [1.807, 2.05) is 24.3 Å². The number of carbonyl (C=O) groups is 2. The largest absolute Gasteiger partial charge is 0.463 e. The van der Waals surface area contributed by atoms with Gasteiger partial charge in [-0.1, -0.05) is 48.5 Å². The molecule has 0 heterocycles. The predicted octanol–water partition coefficient (Wildman–Crippen LogP) is 3.12. The Bertz CT molecular complexity index is 808. The lowest BCUT2D eigenvalue weighted by Gasteiger charge is -2.14. The van der Waals surface area contributed by atoms with E-state index in [0.717, 1.165) is 0 Å². The van der Waals surface area contributed by atoms with Crippen molar-refractivity contribution in [1.82, 2.24) is 5.32 Å². The summed E-state index contributed by atoms with van der Waals surface area (Å²) in [5.41, 5.74) is 4.77. The van der Waals surface area contributed by atoms with Gasteiger partial charge in [0.25, 0.3) is 0 Å². The van der Waals surface area contributed by atoms with Gasteiger partial charge in [-0.2, -0.15) is 0 Å². The van der Waals surface area contributed by atoms with Crippen LogP contribution in [0.5, 0.6) is 0 Å². The monoisotopic (exact) mass is 413 g/mol. The number of esters is 1. The van der Waals surface area contributed by atoms with E-state index in [1.165, 1.54) is 29.2 Å². The Labute approximate surface area is 176 Å². The van der Waals surface area contributed by atoms with Crippen LogP contribution in [0.2, 0.25) is 0 Å². The smallest absolute Gasteiger partial charge is 0.407 e. The van der Waals surface area contributed by atoms with Crippen molar-refractivity contribution in [3.8, 4) is 11.1 Å². The van der Waals surface area contributed by atoms with Crippen LogP contribution in [0.4, 0.5) is 4.79 Å². The molecule has 3 rings (SSSR count). The van der Waals surface area contributed by atoms with Crippen LogP contribution in [0.1, 0.15) is 24.0 Å². The number of ether oxygens (including phenoxy) is 4. The summed E-state index contributed by atoms with van der Waals surface area (Å²) < 4.78 is 20.8. The van der Waals surface area contributed by atoms with Gasteiger partial charge >= 0.3 is 12.1 Å². The fourth-order valence-electron chi connectivity index (χ4n) is 3.44. The average molecular weight is 413 g/mol. The molecule has 0 fully saturated rings. The first-order chi connectivity index (χ1) is 14.7. The van der Waals surface area contributed by atoms with Crippen molar-refractivity contribution in [2.45, 2.75) is 12.8 Å². The quantitative estimate of drug-likeness (QED) is 0.450. The van der Waals surface area contributed by atoms with Gasteiger partial charge in [-0.25, -0.2) is 4.79 Å². The maximum Gasteiger partial charge on any atom is 0.407 e. The summed E-state index contributed by atoms with van der Waals surface area (Å²) in [7, 11) is 0. The number of benzene rings is 2. The Morgan fingerprint density at radius 1 is 0.800 bits per heavy atom. The number of nitrogens with one attached hydrogen (secondary N) is 1.